The van der Waals surface area contributed by atoms with Crippen LogP contribution in [0.25, 0.3) is 0 Å². The lowest BCUT2D eigenvalue weighted by Crippen LogP contribution is -2.41. The molecule has 2 rings (SSSR count). The maximum absolute atomic E-state index is 11.6. The van der Waals surface area contributed by atoms with Gasteiger partial charge < -0.3 is 14.8 Å². The number of hydrogen-bond donors (Lipinski definition) is 1. The van der Waals surface area contributed by atoms with Gasteiger partial charge in [0.2, 0.25) is 0 Å². The summed E-state index contributed by atoms with van der Waals surface area (Å²) in [5.74, 6) is -0.168. The minimum absolute atomic E-state index is 0.0443. The highest BCUT2D eigenvalue weighted by Crippen LogP contribution is 2.26. The molecular formula is C16H25NO3S. The molecule has 1 N–H and O–H groups in total. The molecule has 5 heteroatoms. The fourth-order valence-corrected chi connectivity index (χ4v) is 3.61. The van der Waals surface area contributed by atoms with Crippen LogP contribution < -0.4 is 5.32 Å². The van der Waals surface area contributed by atoms with Crippen LogP contribution in [0, 0.1) is 0 Å². The Hall–Kier alpha value is -0.910. The van der Waals surface area contributed by atoms with Gasteiger partial charge in [-0.3, -0.25) is 4.79 Å². The Kier molecular flexibility index (Phi) is 6.67. The Balaban J connectivity index is 1.96. The molecule has 4 nitrogen and oxygen atoms in total. The lowest BCUT2D eigenvalue weighted by Gasteiger charge is -2.32. The number of thiophene rings is 1. The SMILES string of the molecule is CCCC1CC(NC(CC(=O)OC)c2cccs2)CCO1. The number of esters is 1. The highest BCUT2D eigenvalue weighted by atomic mass is 32.1. The molecule has 0 aromatic carbocycles. The van der Waals surface area contributed by atoms with Crippen molar-refractivity contribution in [2.24, 2.45) is 0 Å². The zero-order chi connectivity index (χ0) is 15.1. The lowest BCUT2D eigenvalue weighted by molar-refractivity contribution is -0.141. The van der Waals surface area contributed by atoms with Crippen LogP contribution >= 0.6 is 11.3 Å². The number of ether oxygens (including phenoxy) is 2. The first-order chi connectivity index (χ1) is 10.2. The summed E-state index contributed by atoms with van der Waals surface area (Å²) in [6.07, 6.45) is 5.02. The Labute approximate surface area is 130 Å². The molecule has 0 bridgehead atoms. The van der Waals surface area contributed by atoms with Crippen LogP contribution in [0.4, 0.5) is 0 Å². The number of nitrogens with one attached hydrogen (secondary N) is 1. The Morgan fingerprint density at radius 2 is 2.48 bits per heavy atom. The third-order valence-corrected chi connectivity index (χ3v) is 4.89. The molecular weight excluding hydrogens is 286 g/mol. The van der Waals surface area contributed by atoms with Crippen molar-refractivity contribution in [1.29, 1.82) is 0 Å². The van der Waals surface area contributed by atoms with E-state index in [-0.39, 0.29) is 12.0 Å². The van der Waals surface area contributed by atoms with Gasteiger partial charge in [0.15, 0.2) is 0 Å². The molecule has 1 aromatic rings. The van der Waals surface area contributed by atoms with Crippen molar-refractivity contribution >= 4 is 17.3 Å². The van der Waals surface area contributed by atoms with Crippen LogP contribution in [0.15, 0.2) is 17.5 Å². The number of rotatable bonds is 7. The summed E-state index contributed by atoms with van der Waals surface area (Å²) in [5.41, 5.74) is 0. The Bertz CT molecular complexity index is 419. The van der Waals surface area contributed by atoms with Gasteiger partial charge >= 0.3 is 5.97 Å². The smallest absolute Gasteiger partial charge is 0.307 e. The summed E-state index contributed by atoms with van der Waals surface area (Å²) in [7, 11) is 1.44. The predicted molar refractivity (Wildman–Crippen MR) is 84.5 cm³/mol. The fraction of sp³-hybridized carbons (Fsp3) is 0.688. The van der Waals surface area contributed by atoms with Crippen molar-refractivity contribution in [3.05, 3.63) is 22.4 Å². The van der Waals surface area contributed by atoms with Crippen LogP contribution in [0.2, 0.25) is 0 Å². The number of methoxy groups -OCH3 is 1. The lowest BCUT2D eigenvalue weighted by atomic mass is 9.98. The van der Waals surface area contributed by atoms with E-state index in [9.17, 15) is 4.79 Å². The van der Waals surface area contributed by atoms with Crippen molar-refractivity contribution < 1.29 is 14.3 Å². The van der Waals surface area contributed by atoms with Crippen molar-refractivity contribution in [1.82, 2.24) is 5.32 Å². The maximum Gasteiger partial charge on any atom is 0.307 e. The van der Waals surface area contributed by atoms with E-state index in [1.165, 1.54) is 12.0 Å². The van der Waals surface area contributed by atoms with Crippen LogP contribution in [0.5, 0.6) is 0 Å². The summed E-state index contributed by atoms with van der Waals surface area (Å²) in [6, 6.07) is 4.55. The van der Waals surface area contributed by atoms with Crippen molar-refractivity contribution in [2.75, 3.05) is 13.7 Å². The molecule has 1 saturated heterocycles. The molecule has 21 heavy (non-hydrogen) atoms. The van der Waals surface area contributed by atoms with E-state index in [4.69, 9.17) is 9.47 Å². The molecule has 1 aliphatic rings. The fourth-order valence-electron chi connectivity index (χ4n) is 2.82. The molecule has 0 aliphatic carbocycles. The first kappa shape index (κ1) is 16.5. The zero-order valence-corrected chi connectivity index (χ0v) is 13.7. The van der Waals surface area contributed by atoms with Gasteiger partial charge in [-0.2, -0.15) is 0 Å². The Morgan fingerprint density at radius 3 is 3.14 bits per heavy atom. The van der Waals surface area contributed by atoms with Crippen LogP contribution in [-0.2, 0) is 14.3 Å². The topological polar surface area (TPSA) is 47.6 Å². The molecule has 3 unspecified atom stereocenters. The van der Waals surface area contributed by atoms with Gasteiger partial charge in [0, 0.05) is 17.5 Å². The van der Waals surface area contributed by atoms with Crippen molar-refractivity contribution in [3.8, 4) is 0 Å². The average molecular weight is 311 g/mol. The van der Waals surface area contributed by atoms with E-state index < -0.39 is 0 Å². The first-order valence-corrected chi connectivity index (χ1v) is 8.58. The van der Waals surface area contributed by atoms with E-state index in [0.29, 0.717) is 18.6 Å². The van der Waals surface area contributed by atoms with E-state index in [1.54, 1.807) is 11.3 Å². The minimum Gasteiger partial charge on any atom is -0.469 e. The summed E-state index contributed by atoms with van der Waals surface area (Å²) < 4.78 is 10.6. The molecule has 0 amide bonds. The van der Waals surface area contributed by atoms with Crippen molar-refractivity contribution in [3.63, 3.8) is 0 Å². The number of hydrogen-bond acceptors (Lipinski definition) is 5. The van der Waals surface area contributed by atoms with E-state index in [2.05, 4.69) is 18.3 Å². The van der Waals surface area contributed by atoms with Gasteiger partial charge in [-0.05, 0) is 30.7 Å². The largest absolute Gasteiger partial charge is 0.469 e. The summed E-state index contributed by atoms with van der Waals surface area (Å²) in [6.45, 7) is 2.99. The highest BCUT2D eigenvalue weighted by Gasteiger charge is 2.26. The van der Waals surface area contributed by atoms with Gasteiger partial charge in [0.25, 0.3) is 0 Å². The molecule has 2 heterocycles. The van der Waals surface area contributed by atoms with Crippen LogP contribution in [-0.4, -0.2) is 31.8 Å². The summed E-state index contributed by atoms with van der Waals surface area (Å²) in [4.78, 5) is 12.8. The molecule has 118 valence electrons. The molecule has 0 radical (unpaired) electrons. The van der Waals surface area contributed by atoms with Crippen molar-refractivity contribution in [2.45, 2.75) is 57.2 Å². The van der Waals surface area contributed by atoms with Gasteiger partial charge in [-0.25, -0.2) is 0 Å². The molecule has 0 saturated carbocycles. The Morgan fingerprint density at radius 1 is 1.62 bits per heavy atom. The second-order valence-corrected chi connectivity index (χ2v) is 6.50. The number of carbonyl (C=O) groups excluding carboxylic acids is 1. The predicted octanol–water partition coefficient (Wildman–Crippen LogP) is 3.29. The van der Waals surface area contributed by atoms with E-state index in [0.717, 1.165) is 32.3 Å². The van der Waals surface area contributed by atoms with Gasteiger partial charge in [0.05, 0.1) is 25.7 Å². The maximum atomic E-state index is 11.6. The van der Waals surface area contributed by atoms with Gasteiger partial charge in [-0.1, -0.05) is 19.4 Å². The molecule has 1 aromatic heterocycles. The third kappa shape index (κ3) is 5.09. The highest BCUT2D eigenvalue weighted by molar-refractivity contribution is 7.10. The third-order valence-electron chi connectivity index (χ3n) is 3.90. The summed E-state index contributed by atoms with van der Waals surface area (Å²) in [5, 5.41) is 5.69. The van der Waals surface area contributed by atoms with Crippen LogP contribution in [0.3, 0.4) is 0 Å². The standard InChI is InChI=1S/C16H25NO3S/c1-3-5-13-10-12(7-8-20-13)17-14(11-16(18)19-2)15-6-4-9-21-15/h4,6,9,12-14,17H,3,5,7-8,10-11H2,1-2H3. The summed E-state index contributed by atoms with van der Waals surface area (Å²) >= 11 is 1.68. The van der Waals surface area contributed by atoms with Gasteiger partial charge in [0.1, 0.15) is 0 Å². The number of carbonyl (C=O) groups is 1. The van der Waals surface area contributed by atoms with E-state index >= 15 is 0 Å². The minimum atomic E-state index is -0.168. The first-order valence-electron chi connectivity index (χ1n) is 7.70. The second kappa shape index (κ2) is 8.51. The molecule has 0 spiro atoms. The monoisotopic (exact) mass is 311 g/mol. The van der Waals surface area contributed by atoms with Gasteiger partial charge in [-0.15, -0.1) is 11.3 Å². The molecule has 3 atom stereocenters. The molecule has 1 aliphatic heterocycles. The normalized spacial score (nSPS) is 23.7. The second-order valence-electron chi connectivity index (χ2n) is 5.52. The van der Waals surface area contributed by atoms with Crippen LogP contribution in [0.1, 0.15) is 49.9 Å². The quantitative estimate of drug-likeness (QED) is 0.785. The van der Waals surface area contributed by atoms with E-state index in [1.807, 2.05) is 11.4 Å². The molecule has 1 fully saturated rings. The average Bonchev–Trinajstić information content (AvgIpc) is 3.01. The zero-order valence-electron chi connectivity index (χ0n) is 12.8.